The van der Waals surface area contributed by atoms with E-state index in [0.29, 0.717) is 17.0 Å². The number of anilines is 2. The van der Waals surface area contributed by atoms with Crippen LogP contribution in [-0.2, 0) is 4.74 Å². The molecule has 2 unspecified atom stereocenters. The maximum absolute atomic E-state index is 10.3. The van der Waals surface area contributed by atoms with E-state index >= 15 is 0 Å². The first kappa shape index (κ1) is 17.4. The lowest BCUT2D eigenvalue weighted by Crippen LogP contribution is -2.35. The number of rotatable bonds is 4. The summed E-state index contributed by atoms with van der Waals surface area (Å²) in [5.41, 5.74) is 9.97. The fourth-order valence-corrected chi connectivity index (χ4v) is 3.46. The number of nitrogen functional groups attached to an aromatic ring is 1. The first-order valence-electron chi connectivity index (χ1n) is 8.72. The molecule has 6 N–H and O–H groups in total. The minimum Gasteiger partial charge on any atom is -0.394 e. The molecule has 0 saturated carbocycles. The molecular formula is C15H23N7O4. The van der Waals surface area contributed by atoms with Gasteiger partial charge in [-0.25, -0.2) is 9.99 Å². The summed E-state index contributed by atoms with van der Waals surface area (Å²) in [5.74, 6) is 0.547. The highest BCUT2D eigenvalue weighted by Gasteiger charge is 2.44. The van der Waals surface area contributed by atoms with Crippen LogP contribution in [0.4, 0.5) is 11.8 Å². The van der Waals surface area contributed by atoms with Gasteiger partial charge in [0, 0.05) is 13.1 Å². The molecule has 2 saturated heterocycles. The van der Waals surface area contributed by atoms with Crippen LogP contribution >= 0.6 is 0 Å². The van der Waals surface area contributed by atoms with Gasteiger partial charge in [-0.05, 0) is 12.8 Å². The van der Waals surface area contributed by atoms with Crippen molar-refractivity contribution in [3.8, 4) is 0 Å². The standard InChI is InChI=1S/C15H23N7O4/c16-15-18-12(20-21-4-2-1-3-5-21)9-13(19-15)22(7-17-9)14-11(25)10(24)8(6-23)26-14/h7-8,10-11,14,23-25H,1-6H2,(H3,16,18,19,20)/t8-,10?,11?,14-/m1/s1. The molecule has 0 aliphatic carbocycles. The van der Waals surface area contributed by atoms with E-state index in [4.69, 9.17) is 10.5 Å². The van der Waals surface area contributed by atoms with Gasteiger partial charge in [0.15, 0.2) is 23.2 Å². The highest BCUT2D eigenvalue weighted by molar-refractivity contribution is 5.84. The van der Waals surface area contributed by atoms with Crippen LogP contribution in [0.3, 0.4) is 0 Å². The average Bonchev–Trinajstić information content (AvgIpc) is 3.17. The summed E-state index contributed by atoms with van der Waals surface area (Å²) < 4.78 is 7.06. The summed E-state index contributed by atoms with van der Waals surface area (Å²) in [4.78, 5) is 12.8. The topological polar surface area (TPSA) is 155 Å². The van der Waals surface area contributed by atoms with Crippen molar-refractivity contribution in [1.29, 1.82) is 0 Å². The molecule has 26 heavy (non-hydrogen) atoms. The number of nitrogens with two attached hydrogens (primary N) is 1. The molecule has 2 aliphatic rings. The number of ether oxygens (including phenoxy) is 1. The summed E-state index contributed by atoms with van der Waals surface area (Å²) in [6.45, 7) is 1.40. The number of nitrogens with one attached hydrogen (secondary N) is 1. The van der Waals surface area contributed by atoms with Crippen molar-refractivity contribution in [2.24, 2.45) is 0 Å². The van der Waals surface area contributed by atoms with Gasteiger partial charge in [0.25, 0.3) is 0 Å². The molecule has 0 amide bonds. The molecule has 11 nitrogen and oxygen atoms in total. The number of aliphatic hydroxyl groups excluding tert-OH is 3. The minimum absolute atomic E-state index is 0.0607. The maximum Gasteiger partial charge on any atom is 0.224 e. The van der Waals surface area contributed by atoms with Crippen LogP contribution in [-0.4, -0.2) is 77.9 Å². The second-order valence-electron chi connectivity index (χ2n) is 6.64. The van der Waals surface area contributed by atoms with Gasteiger partial charge < -0.3 is 31.2 Å². The first-order chi connectivity index (χ1) is 12.6. The van der Waals surface area contributed by atoms with Crippen LogP contribution in [0.5, 0.6) is 0 Å². The summed E-state index contributed by atoms with van der Waals surface area (Å²) in [6.07, 6.45) is 0.648. The van der Waals surface area contributed by atoms with Crippen LogP contribution in [0.1, 0.15) is 25.5 Å². The Kier molecular flexibility index (Phi) is 4.63. The molecule has 2 aromatic rings. The Hall–Kier alpha value is -2.05. The van der Waals surface area contributed by atoms with Crippen molar-refractivity contribution in [2.45, 2.75) is 43.8 Å². The zero-order chi connectivity index (χ0) is 18.3. The van der Waals surface area contributed by atoms with Gasteiger partial charge in [-0.2, -0.15) is 9.97 Å². The third-order valence-corrected chi connectivity index (χ3v) is 4.85. The number of piperidine rings is 1. The van der Waals surface area contributed by atoms with E-state index in [2.05, 4.69) is 25.4 Å². The number of aliphatic hydroxyl groups is 3. The lowest BCUT2D eigenvalue weighted by Gasteiger charge is -2.27. The van der Waals surface area contributed by atoms with Crippen molar-refractivity contribution in [3.05, 3.63) is 6.33 Å². The fourth-order valence-electron chi connectivity index (χ4n) is 3.46. The number of nitrogens with zero attached hydrogens (tertiary/aromatic N) is 5. The second-order valence-corrected chi connectivity index (χ2v) is 6.64. The van der Waals surface area contributed by atoms with Crippen LogP contribution in [0.25, 0.3) is 11.2 Å². The number of fused-ring (bicyclic) bond motifs is 1. The third kappa shape index (κ3) is 2.97. The van der Waals surface area contributed by atoms with Gasteiger partial charge in [-0.15, -0.1) is 0 Å². The van der Waals surface area contributed by atoms with Crippen LogP contribution < -0.4 is 11.2 Å². The van der Waals surface area contributed by atoms with E-state index in [1.807, 2.05) is 0 Å². The molecule has 11 heteroatoms. The zero-order valence-electron chi connectivity index (χ0n) is 14.2. The molecule has 2 fully saturated rings. The monoisotopic (exact) mass is 365 g/mol. The van der Waals surface area contributed by atoms with Gasteiger partial charge in [0.2, 0.25) is 5.95 Å². The van der Waals surface area contributed by atoms with Gasteiger partial charge in [-0.3, -0.25) is 4.57 Å². The van der Waals surface area contributed by atoms with Gasteiger partial charge in [0.1, 0.15) is 18.3 Å². The van der Waals surface area contributed by atoms with Gasteiger partial charge in [0.05, 0.1) is 12.9 Å². The lowest BCUT2D eigenvalue weighted by atomic mass is 10.1. The lowest BCUT2D eigenvalue weighted by molar-refractivity contribution is -0.0511. The Balaban J connectivity index is 1.67. The van der Waals surface area contributed by atoms with Crippen molar-refractivity contribution >= 4 is 22.9 Å². The van der Waals surface area contributed by atoms with Crippen LogP contribution in [0.15, 0.2) is 6.33 Å². The highest BCUT2D eigenvalue weighted by atomic mass is 16.6. The third-order valence-electron chi connectivity index (χ3n) is 4.85. The molecule has 0 bridgehead atoms. The molecule has 2 aromatic heterocycles. The van der Waals surface area contributed by atoms with E-state index in [-0.39, 0.29) is 5.95 Å². The van der Waals surface area contributed by atoms with Crippen LogP contribution in [0, 0.1) is 0 Å². The van der Waals surface area contributed by atoms with Crippen molar-refractivity contribution in [2.75, 3.05) is 30.9 Å². The predicted molar refractivity (Wildman–Crippen MR) is 91.8 cm³/mol. The van der Waals surface area contributed by atoms with E-state index in [9.17, 15) is 15.3 Å². The number of aromatic nitrogens is 4. The van der Waals surface area contributed by atoms with Crippen LogP contribution in [0.2, 0.25) is 0 Å². The highest BCUT2D eigenvalue weighted by Crippen LogP contribution is 2.32. The summed E-state index contributed by atoms with van der Waals surface area (Å²) in [6, 6.07) is 0. The Morgan fingerprint density at radius 1 is 1.19 bits per heavy atom. The van der Waals surface area contributed by atoms with E-state index < -0.39 is 31.1 Å². The average molecular weight is 365 g/mol. The molecule has 0 radical (unpaired) electrons. The Labute approximate surface area is 149 Å². The molecule has 142 valence electrons. The van der Waals surface area contributed by atoms with Crippen molar-refractivity contribution in [1.82, 2.24) is 24.5 Å². The number of hydrogen-bond acceptors (Lipinski definition) is 10. The SMILES string of the molecule is Nc1nc(NN2CCCCC2)c2ncn([C@@H]3O[C@H](CO)C(O)C3O)c2n1. The maximum atomic E-state index is 10.3. The first-order valence-corrected chi connectivity index (χ1v) is 8.72. The molecule has 2 aliphatic heterocycles. The predicted octanol–water partition coefficient (Wildman–Crippen LogP) is -1.17. The molecule has 4 heterocycles. The zero-order valence-corrected chi connectivity index (χ0v) is 14.2. The number of imidazole rings is 1. The Bertz CT molecular complexity index is 779. The second kappa shape index (κ2) is 6.93. The molecular weight excluding hydrogens is 342 g/mol. The van der Waals surface area contributed by atoms with Crippen molar-refractivity contribution in [3.63, 3.8) is 0 Å². The quantitative estimate of drug-likeness (QED) is 0.448. The number of hydrazine groups is 1. The van der Waals surface area contributed by atoms with E-state index in [1.165, 1.54) is 17.3 Å². The molecule has 0 aromatic carbocycles. The molecule has 4 atom stereocenters. The number of hydrogen-bond donors (Lipinski definition) is 5. The molecule has 0 spiro atoms. The van der Waals surface area contributed by atoms with Crippen molar-refractivity contribution < 1.29 is 20.1 Å². The smallest absolute Gasteiger partial charge is 0.224 e. The summed E-state index contributed by atoms with van der Waals surface area (Å²) in [5, 5.41) is 31.6. The molecule has 4 rings (SSSR count). The summed E-state index contributed by atoms with van der Waals surface area (Å²) >= 11 is 0. The minimum atomic E-state index is -1.22. The Morgan fingerprint density at radius 3 is 2.65 bits per heavy atom. The fraction of sp³-hybridized carbons (Fsp3) is 0.667. The van der Waals surface area contributed by atoms with Gasteiger partial charge in [-0.1, -0.05) is 6.42 Å². The normalized spacial score (nSPS) is 30.1. The summed E-state index contributed by atoms with van der Waals surface area (Å²) in [7, 11) is 0. The Morgan fingerprint density at radius 2 is 1.96 bits per heavy atom. The van der Waals surface area contributed by atoms with Gasteiger partial charge >= 0.3 is 0 Å². The van der Waals surface area contributed by atoms with E-state index in [0.717, 1.165) is 25.9 Å². The van der Waals surface area contributed by atoms with E-state index in [1.54, 1.807) is 0 Å². The largest absolute Gasteiger partial charge is 0.394 e.